The second kappa shape index (κ2) is 9.33. The molecule has 0 bridgehead atoms. The summed E-state index contributed by atoms with van der Waals surface area (Å²) in [6, 6.07) is 11.9. The number of hydrogen-bond donors (Lipinski definition) is 1. The molecule has 0 saturated heterocycles. The Balaban J connectivity index is 1.41. The van der Waals surface area contributed by atoms with E-state index in [4.69, 9.17) is 11.6 Å². The number of amides is 1. The Morgan fingerprint density at radius 2 is 2.04 bits per heavy atom. The Morgan fingerprint density at radius 1 is 1.20 bits per heavy atom. The number of thiophene rings is 1. The summed E-state index contributed by atoms with van der Waals surface area (Å²) in [6.07, 6.45) is 2.26. The molecule has 2 heterocycles. The van der Waals surface area contributed by atoms with E-state index in [1.165, 1.54) is 21.8 Å². The predicted octanol–water partition coefficient (Wildman–Crippen LogP) is 5.51. The number of hydrogen-bond acceptors (Lipinski definition) is 6. The summed E-state index contributed by atoms with van der Waals surface area (Å²) < 4.78 is 0.837. The van der Waals surface area contributed by atoms with Gasteiger partial charge in [0.05, 0.1) is 0 Å². The van der Waals surface area contributed by atoms with Crippen molar-refractivity contribution in [3.63, 3.8) is 0 Å². The van der Waals surface area contributed by atoms with Gasteiger partial charge in [0.25, 0.3) is 0 Å². The molecule has 2 aromatic heterocycles. The van der Waals surface area contributed by atoms with E-state index >= 15 is 0 Å². The fourth-order valence-electron chi connectivity index (χ4n) is 2.10. The lowest BCUT2D eigenvalue weighted by atomic mass is 10.2. The fourth-order valence-corrected chi connectivity index (χ4v) is 4.71. The molecule has 130 valence electrons. The van der Waals surface area contributed by atoms with E-state index in [0.717, 1.165) is 28.0 Å². The van der Waals surface area contributed by atoms with E-state index in [-0.39, 0.29) is 5.91 Å². The number of nitrogens with zero attached hydrogens (tertiary/aromatic N) is 2. The monoisotopic (exact) mass is 409 g/mol. The smallest absolute Gasteiger partial charge is 0.226 e. The van der Waals surface area contributed by atoms with Gasteiger partial charge >= 0.3 is 0 Å². The van der Waals surface area contributed by atoms with Crippen molar-refractivity contribution in [2.45, 2.75) is 29.4 Å². The van der Waals surface area contributed by atoms with Crippen molar-refractivity contribution in [3.8, 4) is 0 Å². The third-order valence-electron chi connectivity index (χ3n) is 3.34. The minimum absolute atomic E-state index is 0.0121. The zero-order chi connectivity index (χ0) is 17.5. The normalized spacial score (nSPS) is 10.8. The molecule has 0 aliphatic carbocycles. The summed E-state index contributed by atoms with van der Waals surface area (Å²) in [5.74, 6) is 0.780. The van der Waals surface area contributed by atoms with Crippen LogP contribution in [0, 0.1) is 0 Å². The molecule has 1 N–H and O–H groups in total. The van der Waals surface area contributed by atoms with Crippen molar-refractivity contribution >= 4 is 57.1 Å². The lowest BCUT2D eigenvalue weighted by molar-refractivity contribution is -0.116. The summed E-state index contributed by atoms with van der Waals surface area (Å²) >= 11 is 10.6. The third-order valence-corrected chi connectivity index (χ3v) is 6.57. The van der Waals surface area contributed by atoms with E-state index in [2.05, 4.69) is 27.0 Å². The molecule has 0 radical (unpaired) electrons. The largest absolute Gasteiger partial charge is 0.301 e. The highest BCUT2D eigenvalue weighted by atomic mass is 35.5. The number of benzene rings is 1. The second-order valence-electron chi connectivity index (χ2n) is 5.27. The van der Waals surface area contributed by atoms with Gasteiger partial charge < -0.3 is 5.32 Å². The second-order valence-corrected chi connectivity index (χ2v) is 8.94. The number of rotatable bonds is 8. The van der Waals surface area contributed by atoms with Crippen LogP contribution in [0.25, 0.3) is 0 Å². The Hall–Kier alpha value is -1.41. The van der Waals surface area contributed by atoms with E-state index in [0.29, 0.717) is 11.6 Å². The van der Waals surface area contributed by atoms with Crippen LogP contribution in [0.5, 0.6) is 0 Å². The van der Waals surface area contributed by atoms with Gasteiger partial charge in [0.2, 0.25) is 11.0 Å². The number of aryl methyl sites for hydroxylation is 1. The van der Waals surface area contributed by atoms with Crippen LogP contribution in [0.2, 0.25) is 5.02 Å². The highest BCUT2D eigenvalue weighted by molar-refractivity contribution is 8.00. The molecule has 1 amide bonds. The van der Waals surface area contributed by atoms with E-state index in [1.807, 2.05) is 30.3 Å². The summed E-state index contributed by atoms with van der Waals surface area (Å²) in [5.41, 5.74) is 1.17. The van der Waals surface area contributed by atoms with Crippen molar-refractivity contribution in [3.05, 3.63) is 57.2 Å². The molecule has 1 aromatic carbocycles. The SMILES string of the molecule is O=C(CCCc1cccs1)Nc1nnc(SCc2ccc(Cl)cc2)s1. The molecule has 0 fully saturated rings. The minimum atomic E-state index is -0.0121. The molecule has 3 aromatic rings. The first-order valence-corrected chi connectivity index (χ1v) is 10.8. The average Bonchev–Trinajstić information content (AvgIpc) is 3.26. The van der Waals surface area contributed by atoms with Crippen LogP contribution in [0.1, 0.15) is 23.3 Å². The first-order valence-electron chi connectivity index (χ1n) is 7.72. The molecule has 3 rings (SSSR count). The van der Waals surface area contributed by atoms with Gasteiger partial charge in [0, 0.05) is 22.1 Å². The van der Waals surface area contributed by atoms with E-state index in [1.54, 1.807) is 23.1 Å². The minimum Gasteiger partial charge on any atom is -0.301 e. The summed E-state index contributed by atoms with van der Waals surface area (Å²) in [7, 11) is 0. The molecule has 0 spiro atoms. The van der Waals surface area contributed by atoms with Crippen molar-refractivity contribution in [2.75, 3.05) is 5.32 Å². The van der Waals surface area contributed by atoms with Crippen LogP contribution in [-0.2, 0) is 17.0 Å². The van der Waals surface area contributed by atoms with Gasteiger partial charge in [-0.25, -0.2) is 0 Å². The van der Waals surface area contributed by atoms with Crippen LogP contribution in [0.15, 0.2) is 46.1 Å². The molecule has 0 saturated carbocycles. The van der Waals surface area contributed by atoms with Crippen LogP contribution >= 0.6 is 46.0 Å². The number of nitrogens with one attached hydrogen (secondary N) is 1. The Kier molecular flexibility index (Phi) is 6.86. The summed E-state index contributed by atoms with van der Waals surface area (Å²) in [5, 5.41) is 14.3. The average molecular weight is 410 g/mol. The van der Waals surface area contributed by atoms with Gasteiger partial charge in [0.15, 0.2) is 4.34 Å². The number of aromatic nitrogens is 2. The quantitative estimate of drug-likeness (QED) is 0.394. The Morgan fingerprint density at radius 3 is 2.80 bits per heavy atom. The molecule has 0 aliphatic rings. The first-order chi connectivity index (χ1) is 12.2. The van der Waals surface area contributed by atoms with Gasteiger partial charge in [-0.05, 0) is 42.0 Å². The van der Waals surface area contributed by atoms with Crippen LogP contribution in [-0.4, -0.2) is 16.1 Å². The topological polar surface area (TPSA) is 54.9 Å². The van der Waals surface area contributed by atoms with Gasteiger partial charge in [-0.3, -0.25) is 4.79 Å². The van der Waals surface area contributed by atoms with Crippen LogP contribution in [0.4, 0.5) is 5.13 Å². The lowest BCUT2D eigenvalue weighted by Gasteiger charge is -2.00. The van der Waals surface area contributed by atoms with Gasteiger partial charge in [0.1, 0.15) is 0 Å². The third kappa shape index (κ3) is 6.11. The van der Waals surface area contributed by atoms with Crippen molar-refractivity contribution in [1.82, 2.24) is 10.2 Å². The highest BCUT2D eigenvalue weighted by Crippen LogP contribution is 2.28. The molecule has 4 nitrogen and oxygen atoms in total. The van der Waals surface area contributed by atoms with Gasteiger partial charge in [-0.2, -0.15) is 0 Å². The molecule has 0 aliphatic heterocycles. The van der Waals surface area contributed by atoms with E-state index < -0.39 is 0 Å². The molecule has 25 heavy (non-hydrogen) atoms. The number of thioether (sulfide) groups is 1. The number of anilines is 1. The van der Waals surface area contributed by atoms with Crippen molar-refractivity contribution < 1.29 is 4.79 Å². The highest BCUT2D eigenvalue weighted by Gasteiger charge is 2.09. The summed E-state index contributed by atoms with van der Waals surface area (Å²) in [6.45, 7) is 0. The van der Waals surface area contributed by atoms with Crippen LogP contribution in [0.3, 0.4) is 0 Å². The van der Waals surface area contributed by atoms with Gasteiger partial charge in [-0.15, -0.1) is 21.5 Å². The fraction of sp³-hybridized carbons (Fsp3) is 0.235. The number of carbonyl (C=O) groups excluding carboxylic acids is 1. The maximum Gasteiger partial charge on any atom is 0.226 e. The number of carbonyl (C=O) groups is 1. The zero-order valence-corrected chi connectivity index (χ0v) is 16.5. The predicted molar refractivity (Wildman–Crippen MR) is 107 cm³/mol. The maximum atomic E-state index is 12.0. The molecule has 0 unspecified atom stereocenters. The molecular weight excluding hydrogens is 394 g/mol. The molecule has 8 heteroatoms. The maximum absolute atomic E-state index is 12.0. The van der Waals surface area contributed by atoms with E-state index in [9.17, 15) is 4.79 Å². The van der Waals surface area contributed by atoms with Crippen molar-refractivity contribution in [1.29, 1.82) is 0 Å². The molecule has 0 atom stereocenters. The van der Waals surface area contributed by atoms with Gasteiger partial charge in [-0.1, -0.05) is 52.9 Å². The zero-order valence-electron chi connectivity index (χ0n) is 13.3. The standard InChI is InChI=1S/C17H16ClN3OS3/c18-13-8-6-12(7-9-13)11-24-17-21-20-16(25-17)19-15(22)5-1-3-14-4-2-10-23-14/h2,4,6-10H,1,3,5,11H2,(H,19,20,22). The first kappa shape index (κ1) is 18.4. The number of halogens is 1. The van der Waals surface area contributed by atoms with Crippen LogP contribution < -0.4 is 5.32 Å². The van der Waals surface area contributed by atoms with Crippen molar-refractivity contribution in [2.24, 2.45) is 0 Å². The molecular formula is C17H16ClN3OS3. The lowest BCUT2D eigenvalue weighted by Crippen LogP contribution is -2.11. The summed E-state index contributed by atoms with van der Waals surface area (Å²) in [4.78, 5) is 13.3. The Labute approximate surface area is 163 Å². The Bertz CT molecular complexity index is 803.